The number of amides is 1. The lowest BCUT2D eigenvalue weighted by atomic mass is 9.97. The van der Waals surface area contributed by atoms with Crippen LogP contribution in [0.1, 0.15) is 35.2 Å². The zero-order valence-corrected chi connectivity index (χ0v) is 22.7. The average molecular weight is 530 g/mol. The van der Waals surface area contributed by atoms with Crippen LogP contribution in [-0.4, -0.2) is 49.3 Å². The summed E-state index contributed by atoms with van der Waals surface area (Å²) in [6.45, 7) is 3.75. The van der Waals surface area contributed by atoms with Gasteiger partial charge in [0, 0.05) is 62.4 Å². The molecule has 8 heteroatoms. The van der Waals surface area contributed by atoms with E-state index < -0.39 is 5.97 Å². The third kappa shape index (κ3) is 7.91. The minimum absolute atomic E-state index is 0.0208. The van der Waals surface area contributed by atoms with Gasteiger partial charge in [0.1, 0.15) is 12.4 Å². The molecule has 0 spiro atoms. The number of rotatable bonds is 10. The van der Waals surface area contributed by atoms with Crippen LogP contribution >= 0.6 is 0 Å². The van der Waals surface area contributed by atoms with Crippen LogP contribution in [0.4, 0.5) is 11.4 Å². The molecule has 204 valence electrons. The quantitative estimate of drug-likeness (QED) is 0.366. The van der Waals surface area contributed by atoms with Crippen molar-refractivity contribution in [2.24, 2.45) is 5.92 Å². The van der Waals surface area contributed by atoms with Gasteiger partial charge in [0.05, 0.1) is 12.2 Å². The number of carboxylic acids is 1. The molecule has 0 unspecified atom stereocenters. The zero-order chi connectivity index (χ0) is 27.8. The minimum Gasteiger partial charge on any atom is -0.489 e. The van der Waals surface area contributed by atoms with E-state index in [0.29, 0.717) is 44.9 Å². The first-order chi connectivity index (χ1) is 18.8. The second-order valence-electron chi connectivity index (χ2n) is 9.92. The maximum atomic E-state index is 13.7. The summed E-state index contributed by atoms with van der Waals surface area (Å²) < 4.78 is 11.4. The van der Waals surface area contributed by atoms with Gasteiger partial charge in [0.25, 0.3) is 0 Å². The fourth-order valence-electron chi connectivity index (χ4n) is 4.48. The van der Waals surface area contributed by atoms with E-state index in [-0.39, 0.29) is 11.8 Å². The number of pyridine rings is 1. The number of hydrogen-bond acceptors (Lipinski definition) is 6. The average Bonchev–Trinajstić information content (AvgIpc) is 2.94. The van der Waals surface area contributed by atoms with E-state index >= 15 is 0 Å². The lowest BCUT2D eigenvalue weighted by molar-refractivity contribution is -0.131. The Bertz CT molecular complexity index is 1300. The van der Waals surface area contributed by atoms with Gasteiger partial charge in [-0.25, -0.2) is 4.79 Å². The highest BCUT2D eigenvalue weighted by Crippen LogP contribution is 2.27. The van der Waals surface area contributed by atoms with Crippen molar-refractivity contribution in [2.45, 2.75) is 32.9 Å². The van der Waals surface area contributed by atoms with Crippen LogP contribution in [0.3, 0.4) is 0 Å². The first-order valence-electron chi connectivity index (χ1n) is 13.0. The number of ether oxygens (including phenoxy) is 2. The molecule has 1 aliphatic rings. The monoisotopic (exact) mass is 529 g/mol. The summed E-state index contributed by atoms with van der Waals surface area (Å²) >= 11 is 0. The van der Waals surface area contributed by atoms with Crippen molar-refractivity contribution >= 4 is 29.3 Å². The maximum absolute atomic E-state index is 13.7. The summed E-state index contributed by atoms with van der Waals surface area (Å²) in [7, 11) is 3.99. The number of aliphatic carboxylic acids is 1. The number of carboxylic acid groups (broad SMARTS) is 1. The van der Waals surface area contributed by atoms with Crippen LogP contribution in [-0.2, 0) is 27.5 Å². The third-order valence-electron chi connectivity index (χ3n) is 6.62. The molecule has 0 atom stereocenters. The van der Waals surface area contributed by atoms with Gasteiger partial charge in [-0.15, -0.1) is 0 Å². The number of hydrogen-bond donors (Lipinski definition) is 1. The lowest BCUT2D eigenvalue weighted by Crippen LogP contribution is -2.38. The van der Waals surface area contributed by atoms with Crippen LogP contribution in [0.5, 0.6) is 5.75 Å². The predicted octanol–water partition coefficient (Wildman–Crippen LogP) is 5.09. The predicted molar refractivity (Wildman–Crippen MR) is 152 cm³/mol. The number of nitrogens with zero attached hydrogens (tertiary/aromatic N) is 3. The molecule has 8 nitrogen and oxygen atoms in total. The van der Waals surface area contributed by atoms with Crippen LogP contribution in [0, 0.1) is 12.8 Å². The van der Waals surface area contributed by atoms with Crippen molar-refractivity contribution in [3.05, 3.63) is 89.3 Å². The summed E-state index contributed by atoms with van der Waals surface area (Å²) in [5.74, 6) is -0.353. The van der Waals surface area contributed by atoms with Crippen molar-refractivity contribution < 1.29 is 24.2 Å². The molecule has 2 aromatic carbocycles. The van der Waals surface area contributed by atoms with Crippen molar-refractivity contribution in [1.29, 1.82) is 0 Å². The van der Waals surface area contributed by atoms with Crippen molar-refractivity contribution in [2.75, 3.05) is 37.1 Å². The number of anilines is 2. The Kier molecular flexibility index (Phi) is 9.33. The SMILES string of the molecule is Cc1cc(/C=C/C(=O)O)cc(N(Cc2ccc(COc3ccc(N(C)C)cc3)cn2)C(=O)C2CCOCC2)c1. The van der Waals surface area contributed by atoms with Crippen molar-refractivity contribution in [1.82, 2.24) is 4.98 Å². The second-order valence-corrected chi connectivity index (χ2v) is 9.92. The molecule has 1 fully saturated rings. The zero-order valence-electron chi connectivity index (χ0n) is 22.7. The number of aryl methyl sites for hydroxylation is 1. The maximum Gasteiger partial charge on any atom is 0.328 e. The second kappa shape index (κ2) is 13.1. The molecule has 1 N–H and O–H groups in total. The van der Waals surface area contributed by atoms with Crippen LogP contribution in [0.15, 0.2) is 66.9 Å². The van der Waals surface area contributed by atoms with E-state index in [1.807, 2.05) is 80.5 Å². The highest BCUT2D eigenvalue weighted by molar-refractivity contribution is 5.95. The van der Waals surface area contributed by atoms with Gasteiger partial charge in [-0.3, -0.25) is 9.78 Å². The number of carbonyl (C=O) groups is 2. The molecule has 1 aliphatic heterocycles. The van der Waals surface area contributed by atoms with E-state index in [0.717, 1.165) is 39.9 Å². The van der Waals surface area contributed by atoms with E-state index in [9.17, 15) is 9.59 Å². The first kappa shape index (κ1) is 27.9. The van der Waals surface area contributed by atoms with Crippen molar-refractivity contribution in [3.8, 4) is 5.75 Å². The molecule has 0 bridgehead atoms. The Hall–Kier alpha value is -4.17. The summed E-state index contributed by atoms with van der Waals surface area (Å²) in [6, 6.07) is 17.5. The summed E-state index contributed by atoms with van der Waals surface area (Å²) in [4.78, 5) is 33.2. The van der Waals surface area contributed by atoms with Crippen molar-refractivity contribution in [3.63, 3.8) is 0 Å². The third-order valence-corrected chi connectivity index (χ3v) is 6.62. The normalized spacial score (nSPS) is 13.8. The molecule has 0 saturated carbocycles. The summed E-state index contributed by atoms with van der Waals surface area (Å²) in [5, 5.41) is 9.05. The van der Waals surface area contributed by atoms with Gasteiger partial charge >= 0.3 is 5.97 Å². The van der Waals surface area contributed by atoms with Gasteiger partial charge < -0.3 is 24.4 Å². The van der Waals surface area contributed by atoms with E-state index in [2.05, 4.69) is 4.98 Å². The van der Waals surface area contributed by atoms with Gasteiger partial charge in [0.2, 0.25) is 5.91 Å². The molecule has 0 radical (unpaired) electrons. The number of aromatic nitrogens is 1. The smallest absolute Gasteiger partial charge is 0.328 e. The Morgan fingerprint density at radius 3 is 2.44 bits per heavy atom. The van der Waals surface area contributed by atoms with E-state index in [1.165, 1.54) is 6.08 Å². The Morgan fingerprint density at radius 1 is 1.05 bits per heavy atom. The fourth-order valence-corrected chi connectivity index (χ4v) is 4.48. The molecule has 1 saturated heterocycles. The highest BCUT2D eigenvalue weighted by atomic mass is 16.5. The number of carbonyl (C=O) groups excluding carboxylic acids is 1. The van der Waals surface area contributed by atoms with Gasteiger partial charge in [-0.1, -0.05) is 12.1 Å². The fraction of sp³-hybridized carbons (Fsp3) is 0.323. The molecular formula is C31H35N3O5. The van der Waals surface area contributed by atoms with E-state index in [4.69, 9.17) is 14.6 Å². The summed E-state index contributed by atoms with van der Waals surface area (Å²) in [5.41, 5.74) is 5.14. The Balaban J connectivity index is 1.51. The van der Waals surface area contributed by atoms with E-state index in [1.54, 1.807) is 11.1 Å². The molecule has 1 amide bonds. The Labute approximate surface area is 229 Å². The molecule has 1 aromatic heterocycles. The molecular weight excluding hydrogens is 494 g/mol. The highest BCUT2D eigenvalue weighted by Gasteiger charge is 2.28. The Morgan fingerprint density at radius 2 is 1.79 bits per heavy atom. The van der Waals surface area contributed by atoms with Crippen LogP contribution in [0.25, 0.3) is 6.08 Å². The molecule has 2 heterocycles. The number of benzene rings is 2. The largest absolute Gasteiger partial charge is 0.489 e. The van der Waals surface area contributed by atoms with Crippen LogP contribution < -0.4 is 14.5 Å². The minimum atomic E-state index is -1.02. The van der Waals surface area contributed by atoms with Gasteiger partial charge in [0.15, 0.2) is 0 Å². The van der Waals surface area contributed by atoms with Crippen LogP contribution in [0.2, 0.25) is 0 Å². The lowest BCUT2D eigenvalue weighted by Gasteiger charge is -2.30. The van der Waals surface area contributed by atoms with Gasteiger partial charge in [-0.2, -0.15) is 0 Å². The molecule has 0 aliphatic carbocycles. The molecule has 4 rings (SSSR count). The molecule has 3 aromatic rings. The standard InChI is InChI=1S/C31H35N3O5/c1-22-16-23(5-11-30(35)36)18-28(17-22)34(31(37)25-12-14-38-15-13-25)20-26-6-4-24(19-32-26)21-39-29-9-7-27(8-10-29)33(2)3/h4-11,16-19,25H,12-15,20-21H2,1-3H3,(H,35,36)/b11-5+. The first-order valence-corrected chi connectivity index (χ1v) is 13.0. The summed E-state index contributed by atoms with van der Waals surface area (Å²) in [6.07, 6.45) is 5.76. The molecule has 39 heavy (non-hydrogen) atoms. The van der Waals surface area contributed by atoms with Gasteiger partial charge in [-0.05, 0) is 79.4 Å². The topological polar surface area (TPSA) is 92.2 Å².